The van der Waals surface area contributed by atoms with Gasteiger partial charge in [-0.3, -0.25) is 4.79 Å². The fourth-order valence-electron chi connectivity index (χ4n) is 2.17. The fraction of sp³-hybridized carbons (Fsp3) is 0. The Labute approximate surface area is 122 Å². The minimum absolute atomic E-state index is 0.112. The van der Waals surface area contributed by atoms with Gasteiger partial charge >= 0.3 is 0 Å². The first-order chi connectivity index (χ1) is 10.4. The molecule has 1 aromatic heterocycles. The zero-order chi connectivity index (χ0) is 16.0. The average molecular weight is 302 g/mol. The highest BCUT2D eigenvalue weighted by Crippen LogP contribution is 2.41. The lowest BCUT2D eigenvalue weighted by Gasteiger charge is -2.09. The highest BCUT2D eigenvalue weighted by atomic mass is 16.4. The van der Waals surface area contributed by atoms with Crippen LogP contribution < -0.4 is 5.43 Å². The van der Waals surface area contributed by atoms with Gasteiger partial charge in [0.05, 0.1) is 5.56 Å². The molecule has 2 aromatic carbocycles. The zero-order valence-corrected chi connectivity index (χ0v) is 10.9. The van der Waals surface area contributed by atoms with Gasteiger partial charge in [0.25, 0.3) is 0 Å². The van der Waals surface area contributed by atoms with Gasteiger partial charge in [0.2, 0.25) is 11.2 Å². The highest BCUT2D eigenvalue weighted by Gasteiger charge is 2.21. The van der Waals surface area contributed by atoms with Crippen LogP contribution in [0.1, 0.15) is 0 Å². The van der Waals surface area contributed by atoms with Crippen molar-refractivity contribution in [1.29, 1.82) is 0 Å². The van der Waals surface area contributed by atoms with Gasteiger partial charge in [0.1, 0.15) is 22.5 Å². The Hall–Kier alpha value is -3.35. The van der Waals surface area contributed by atoms with Gasteiger partial charge in [-0.25, -0.2) is 0 Å². The van der Waals surface area contributed by atoms with Gasteiger partial charge in [-0.2, -0.15) is 0 Å². The molecule has 1 heterocycles. The Bertz CT molecular complexity index is 956. The van der Waals surface area contributed by atoms with E-state index >= 15 is 0 Å². The third-order valence-corrected chi connectivity index (χ3v) is 3.19. The first-order valence-corrected chi connectivity index (χ1v) is 6.13. The molecule has 0 amide bonds. The predicted molar refractivity (Wildman–Crippen MR) is 76.2 cm³/mol. The highest BCUT2D eigenvalue weighted by molar-refractivity contribution is 5.88. The lowest BCUT2D eigenvalue weighted by Crippen LogP contribution is -2.03. The molecule has 3 rings (SSSR count). The van der Waals surface area contributed by atoms with Gasteiger partial charge in [-0.05, 0) is 12.1 Å². The molecule has 0 aliphatic heterocycles. The van der Waals surface area contributed by atoms with E-state index in [1.54, 1.807) is 0 Å². The summed E-state index contributed by atoms with van der Waals surface area (Å²) in [6.45, 7) is 0. The van der Waals surface area contributed by atoms with E-state index in [1.165, 1.54) is 18.2 Å². The van der Waals surface area contributed by atoms with Crippen molar-refractivity contribution in [3.8, 4) is 40.1 Å². The summed E-state index contributed by atoms with van der Waals surface area (Å²) in [5.74, 6) is -3.16. The van der Waals surface area contributed by atoms with Gasteiger partial charge in [-0.1, -0.05) is 6.07 Å². The molecule has 0 bridgehead atoms. The Kier molecular flexibility index (Phi) is 2.84. The molecule has 0 aliphatic rings. The number of para-hydroxylation sites is 1. The van der Waals surface area contributed by atoms with Gasteiger partial charge in [0, 0.05) is 12.1 Å². The molecule has 0 radical (unpaired) electrons. The summed E-state index contributed by atoms with van der Waals surface area (Å²) in [4.78, 5) is 12.2. The summed E-state index contributed by atoms with van der Waals surface area (Å²) >= 11 is 0. The maximum atomic E-state index is 12.2. The van der Waals surface area contributed by atoms with E-state index in [2.05, 4.69) is 0 Å². The predicted octanol–water partition coefficient (Wildman–Crippen LogP) is 1.99. The van der Waals surface area contributed by atoms with Crippen LogP contribution in [-0.2, 0) is 0 Å². The molecule has 0 aliphatic carbocycles. The largest absolute Gasteiger partial charge is 0.508 e. The Balaban J connectivity index is 2.44. The van der Waals surface area contributed by atoms with Gasteiger partial charge in [0.15, 0.2) is 17.3 Å². The summed E-state index contributed by atoms with van der Waals surface area (Å²) in [6, 6.07) is 5.94. The lowest BCUT2D eigenvalue weighted by molar-refractivity contribution is 0.401. The fourth-order valence-corrected chi connectivity index (χ4v) is 2.17. The number of hydrogen-bond donors (Lipinski definition) is 5. The Morgan fingerprint density at radius 2 is 1.59 bits per heavy atom. The quantitative estimate of drug-likeness (QED) is 0.434. The molecule has 7 nitrogen and oxygen atoms in total. The van der Waals surface area contributed by atoms with Crippen LogP contribution in [0.25, 0.3) is 22.3 Å². The minimum atomic E-state index is -0.934. The summed E-state index contributed by atoms with van der Waals surface area (Å²) in [5, 5.41) is 48.2. The van der Waals surface area contributed by atoms with E-state index in [1.807, 2.05) is 0 Å². The van der Waals surface area contributed by atoms with E-state index in [9.17, 15) is 30.3 Å². The van der Waals surface area contributed by atoms with Crippen LogP contribution in [0.5, 0.6) is 28.7 Å². The SMILES string of the molecule is O=c1c(O)c(-c2cccc(O)c2O)oc2cc(O)cc(O)c12. The second-order valence-corrected chi connectivity index (χ2v) is 4.62. The van der Waals surface area contributed by atoms with E-state index in [0.717, 1.165) is 12.1 Å². The van der Waals surface area contributed by atoms with Crippen LogP contribution in [0.2, 0.25) is 0 Å². The molecule has 0 spiro atoms. The number of hydrogen-bond acceptors (Lipinski definition) is 7. The second-order valence-electron chi connectivity index (χ2n) is 4.62. The number of rotatable bonds is 1. The molecule has 7 heteroatoms. The molecule has 3 aromatic rings. The summed E-state index contributed by atoms with van der Waals surface area (Å²) in [7, 11) is 0. The maximum absolute atomic E-state index is 12.2. The molecule has 112 valence electrons. The molecule has 0 fully saturated rings. The maximum Gasteiger partial charge on any atom is 0.238 e. The third-order valence-electron chi connectivity index (χ3n) is 3.19. The normalized spacial score (nSPS) is 10.9. The average Bonchev–Trinajstić information content (AvgIpc) is 2.45. The van der Waals surface area contributed by atoms with Crippen molar-refractivity contribution in [2.75, 3.05) is 0 Å². The molecular weight excluding hydrogens is 292 g/mol. The lowest BCUT2D eigenvalue weighted by atomic mass is 10.1. The van der Waals surface area contributed by atoms with Crippen molar-refractivity contribution in [3.63, 3.8) is 0 Å². The van der Waals surface area contributed by atoms with E-state index < -0.39 is 34.2 Å². The van der Waals surface area contributed by atoms with Crippen molar-refractivity contribution in [3.05, 3.63) is 40.6 Å². The van der Waals surface area contributed by atoms with E-state index in [0.29, 0.717) is 0 Å². The topological polar surface area (TPSA) is 131 Å². The molecule has 0 saturated carbocycles. The first-order valence-electron chi connectivity index (χ1n) is 6.13. The monoisotopic (exact) mass is 302 g/mol. The molecule has 0 saturated heterocycles. The summed E-state index contributed by atoms with van der Waals surface area (Å²) in [6.07, 6.45) is 0. The zero-order valence-electron chi connectivity index (χ0n) is 10.9. The van der Waals surface area contributed by atoms with E-state index in [-0.39, 0.29) is 22.3 Å². The van der Waals surface area contributed by atoms with Crippen molar-refractivity contribution in [2.24, 2.45) is 0 Å². The Morgan fingerprint density at radius 1 is 0.864 bits per heavy atom. The standard InChI is InChI=1S/C15H10O7/c16-6-4-9(18)11-10(5-6)22-15(14(21)13(11)20)7-2-1-3-8(17)12(7)19/h1-5,16-19,21H. The molecule has 0 unspecified atom stereocenters. The first kappa shape index (κ1) is 13.6. The Morgan fingerprint density at radius 3 is 2.32 bits per heavy atom. The number of benzene rings is 2. The van der Waals surface area contributed by atoms with Crippen LogP contribution >= 0.6 is 0 Å². The number of phenolic OH excluding ortho intramolecular Hbond substituents is 4. The van der Waals surface area contributed by atoms with Gasteiger partial charge < -0.3 is 29.9 Å². The number of fused-ring (bicyclic) bond motifs is 1. The van der Waals surface area contributed by atoms with Crippen molar-refractivity contribution >= 4 is 11.0 Å². The van der Waals surface area contributed by atoms with Crippen molar-refractivity contribution in [1.82, 2.24) is 0 Å². The summed E-state index contributed by atoms with van der Waals surface area (Å²) in [5.41, 5.74) is -1.23. The molecule has 0 atom stereocenters. The van der Waals surface area contributed by atoms with Crippen molar-refractivity contribution < 1.29 is 29.9 Å². The van der Waals surface area contributed by atoms with Crippen LogP contribution in [-0.4, -0.2) is 25.5 Å². The minimum Gasteiger partial charge on any atom is -0.508 e. The van der Waals surface area contributed by atoms with Crippen LogP contribution in [0, 0.1) is 0 Å². The molecular formula is C15H10O7. The number of phenols is 4. The van der Waals surface area contributed by atoms with Crippen molar-refractivity contribution in [2.45, 2.75) is 0 Å². The van der Waals surface area contributed by atoms with Gasteiger partial charge in [-0.15, -0.1) is 0 Å². The van der Waals surface area contributed by atoms with Crippen LogP contribution in [0.4, 0.5) is 0 Å². The summed E-state index contributed by atoms with van der Waals surface area (Å²) < 4.78 is 5.32. The van der Waals surface area contributed by atoms with E-state index in [4.69, 9.17) is 4.42 Å². The third kappa shape index (κ3) is 1.87. The smallest absolute Gasteiger partial charge is 0.238 e. The molecule has 22 heavy (non-hydrogen) atoms. The van der Waals surface area contributed by atoms with Crippen LogP contribution in [0.15, 0.2) is 39.5 Å². The molecule has 5 N–H and O–H groups in total. The number of aromatic hydroxyl groups is 5. The van der Waals surface area contributed by atoms with Crippen LogP contribution in [0.3, 0.4) is 0 Å². The second kappa shape index (κ2) is 4.59.